The summed E-state index contributed by atoms with van der Waals surface area (Å²) in [7, 11) is 1.68. The van der Waals surface area contributed by atoms with Gasteiger partial charge in [0.25, 0.3) is 0 Å². The average molecular weight is 418 g/mol. The molecule has 2 aromatic carbocycles. The van der Waals surface area contributed by atoms with Crippen LogP contribution in [-0.2, 0) is 10.2 Å². The molecule has 5 heteroatoms. The number of para-hydroxylation sites is 1. The van der Waals surface area contributed by atoms with Crippen LogP contribution in [-0.4, -0.2) is 30.2 Å². The smallest absolute Gasteiger partial charge is 0.234 e. The second kappa shape index (κ2) is 6.69. The molecule has 2 aliphatic rings. The van der Waals surface area contributed by atoms with Crippen molar-refractivity contribution in [2.45, 2.75) is 23.6 Å². The highest BCUT2D eigenvalue weighted by Crippen LogP contribution is 2.54. The van der Waals surface area contributed by atoms with E-state index in [0.29, 0.717) is 0 Å². The summed E-state index contributed by atoms with van der Waals surface area (Å²) >= 11 is 5.33. The molecule has 2 aromatic rings. The molecular formula is C20H20BrNO2S. The Bertz CT molecular complexity index is 789. The van der Waals surface area contributed by atoms with E-state index in [1.807, 2.05) is 48.2 Å². The zero-order valence-electron chi connectivity index (χ0n) is 14.1. The van der Waals surface area contributed by atoms with Crippen LogP contribution in [0.25, 0.3) is 0 Å². The third kappa shape index (κ3) is 2.97. The minimum atomic E-state index is -0.398. The van der Waals surface area contributed by atoms with Gasteiger partial charge in [-0.05, 0) is 36.6 Å². The molecule has 1 atom stereocenters. The lowest BCUT2D eigenvalue weighted by molar-refractivity contribution is -0.134. The highest BCUT2D eigenvalue weighted by Gasteiger charge is 2.55. The SMILES string of the molecule is COc1ccccc1C1(C(=O)N2CCSC2c2ccc(Br)cc2)CC1. The Morgan fingerprint density at radius 3 is 2.60 bits per heavy atom. The Labute approximate surface area is 160 Å². The number of thioether (sulfide) groups is 1. The van der Waals surface area contributed by atoms with Gasteiger partial charge < -0.3 is 9.64 Å². The Morgan fingerprint density at radius 2 is 1.92 bits per heavy atom. The van der Waals surface area contributed by atoms with Crippen molar-refractivity contribution in [3.8, 4) is 5.75 Å². The van der Waals surface area contributed by atoms with E-state index in [2.05, 4.69) is 33.0 Å². The maximum absolute atomic E-state index is 13.5. The number of carbonyl (C=O) groups is 1. The molecule has 0 N–H and O–H groups in total. The molecular weight excluding hydrogens is 398 g/mol. The number of rotatable bonds is 4. The lowest BCUT2D eigenvalue weighted by Gasteiger charge is -2.29. The second-order valence-electron chi connectivity index (χ2n) is 6.56. The van der Waals surface area contributed by atoms with Crippen LogP contribution in [0, 0.1) is 0 Å². The van der Waals surface area contributed by atoms with E-state index >= 15 is 0 Å². The number of ether oxygens (including phenoxy) is 1. The van der Waals surface area contributed by atoms with Crippen molar-refractivity contribution >= 4 is 33.6 Å². The summed E-state index contributed by atoms with van der Waals surface area (Å²) in [4.78, 5) is 15.6. The molecule has 1 amide bonds. The molecule has 25 heavy (non-hydrogen) atoms. The molecule has 0 bridgehead atoms. The lowest BCUT2D eigenvalue weighted by atomic mass is 9.93. The summed E-state index contributed by atoms with van der Waals surface area (Å²) in [6.45, 7) is 0.807. The van der Waals surface area contributed by atoms with Gasteiger partial charge in [-0.3, -0.25) is 4.79 Å². The maximum Gasteiger partial charge on any atom is 0.234 e. The van der Waals surface area contributed by atoms with Crippen molar-refractivity contribution in [3.63, 3.8) is 0 Å². The molecule has 0 radical (unpaired) electrons. The molecule has 4 rings (SSSR count). The standard InChI is InChI=1S/C20H20BrNO2S/c1-24-17-5-3-2-4-16(17)20(10-11-20)19(23)22-12-13-25-18(22)14-6-8-15(21)9-7-14/h2-9,18H,10-13H2,1H3. The quantitative estimate of drug-likeness (QED) is 0.717. The van der Waals surface area contributed by atoms with Gasteiger partial charge in [0, 0.05) is 22.3 Å². The first-order chi connectivity index (χ1) is 12.2. The van der Waals surface area contributed by atoms with E-state index in [1.54, 1.807) is 7.11 Å². The third-order valence-corrected chi connectivity index (χ3v) is 6.88. The summed E-state index contributed by atoms with van der Waals surface area (Å²) in [5.41, 5.74) is 1.83. The monoisotopic (exact) mass is 417 g/mol. The van der Waals surface area contributed by atoms with E-state index in [0.717, 1.165) is 40.9 Å². The Morgan fingerprint density at radius 1 is 1.20 bits per heavy atom. The molecule has 1 heterocycles. The predicted octanol–water partition coefficient (Wildman–Crippen LogP) is 4.76. The minimum absolute atomic E-state index is 0.104. The van der Waals surface area contributed by atoms with Gasteiger partial charge in [0.2, 0.25) is 5.91 Å². The van der Waals surface area contributed by atoms with Gasteiger partial charge in [-0.25, -0.2) is 0 Å². The summed E-state index contributed by atoms with van der Waals surface area (Å²) in [6, 6.07) is 16.3. The first-order valence-electron chi connectivity index (χ1n) is 8.47. The molecule has 2 fully saturated rings. The lowest BCUT2D eigenvalue weighted by Crippen LogP contribution is -2.39. The van der Waals surface area contributed by atoms with Gasteiger partial charge >= 0.3 is 0 Å². The average Bonchev–Trinajstić information content (AvgIpc) is 3.31. The zero-order chi connectivity index (χ0) is 17.4. The summed E-state index contributed by atoms with van der Waals surface area (Å²) in [5, 5.41) is 0.104. The van der Waals surface area contributed by atoms with Gasteiger partial charge in [0.05, 0.1) is 12.5 Å². The van der Waals surface area contributed by atoms with Crippen LogP contribution >= 0.6 is 27.7 Å². The molecule has 1 unspecified atom stereocenters. The van der Waals surface area contributed by atoms with Crippen LogP contribution in [0.2, 0.25) is 0 Å². The molecule has 130 valence electrons. The number of methoxy groups -OCH3 is 1. The molecule has 0 aromatic heterocycles. The summed E-state index contributed by atoms with van der Waals surface area (Å²) in [6.07, 6.45) is 1.81. The van der Waals surface area contributed by atoms with Gasteiger partial charge in [-0.1, -0.05) is 46.3 Å². The summed E-state index contributed by atoms with van der Waals surface area (Å²) < 4.78 is 6.59. The summed E-state index contributed by atoms with van der Waals surface area (Å²) in [5.74, 6) is 2.05. The number of hydrogen-bond acceptors (Lipinski definition) is 3. The predicted molar refractivity (Wildman–Crippen MR) is 105 cm³/mol. The van der Waals surface area contributed by atoms with E-state index < -0.39 is 5.41 Å². The molecule has 1 aliphatic carbocycles. The fourth-order valence-electron chi connectivity index (χ4n) is 3.62. The fraction of sp³-hybridized carbons (Fsp3) is 0.350. The van der Waals surface area contributed by atoms with E-state index in [-0.39, 0.29) is 11.3 Å². The highest BCUT2D eigenvalue weighted by molar-refractivity contribution is 9.10. The van der Waals surface area contributed by atoms with Crippen LogP contribution in [0.3, 0.4) is 0 Å². The van der Waals surface area contributed by atoms with Crippen LogP contribution in [0.1, 0.15) is 29.3 Å². The Balaban J connectivity index is 1.64. The first kappa shape index (κ1) is 17.0. The van der Waals surface area contributed by atoms with Crippen molar-refractivity contribution in [2.75, 3.05) is 19.4 Å². The van der Waals surface area contributed by atoms with Crippen LogP contribution in [0.5, 0.6) is 5.75 Å². The Hall–Kier alpha value is -1.46. The number of nitrogens with zero attached hydrogens (tertiary/aromatic N) is 1. The molecule has 1 saturated carbocycles. The third-order valence-electron chi connectivity index (χ3n) is 5.09. The van der Waals surface area contributed by atoms with Crippen molar-refractivity contribution < 1.29 is 9.53 Å². The normalized spacial score (nSPS) is 21.2. The van der Waals surface area contributed by atoms with Gasteiger partial charge in [0.15, 0.2) is 0 Å². The number of amides is 1. The minimum Gasteiger partial charge on any atom is -0.496 e. The number of hydrogen-bond donors (Lipinski definition) is 0. The second-order valence-corrected chi connectivity index (χ2v) is 8.66. The Kier molecular flexibility index (Phi) is 4.54. The van der Waals surface area contributed by atoms with Gasteiger partial charge in [-0.2, -0.15) is 0 Å². The first-order valence-corrected chi connectivity index (χ1v) is 10.3. The highest BCUT2D eigenvalue weighted by atomic mass is 79.9. The molecule has 1 aliphatic heterocycles. The van der Waals surface area contributed by atoms with Crippen LogP contribution in [0.4, 0.5) is 0 Å². The van der Waals surface area contributed by atoms with Gasteiger partial charge in [0.1, 0.15) is 11.1 Å². The van der Waals surface area contributed by atoms with E-state index in [9.17, 15) is 4.79 Å². The fourth-order valence-corrected chi connectivity index (χ4v) is 5.14. The van der Waals surface area contributed by atoms with E-state index in [4.69, 9.17) is 4.74 Å². The van der Waals surface area contributed by atoms with Gasteiger partial charge in [-0.15, -0.1) is 11.8 Å². The zero-order valence-corrected chi connectivity index (χ0v) is 16.5. The topological polar surface area (TPSA) is 29.5 Å². The number of benzene rings is 2. The maximum atomic E-state index is 13.5. The van der Waals surface area contributed by atoms with Crippen molar-refractivity contribution in [1.29, 1.82) is 0 Å². The number of carbonyl (C=O) groups excluding carboxylic acids is 1. The van der Waals surface area contributed by atoms with E-state index in [1.165, 1.54) is 5.56 Å². The largest absolute Gasteiger partial charge is 0.496 e. The van der Waals surface area contributed by atoms with Crippen molar-refractivity contribution in [1.82, 2.24) is 4.90 Å². The van der Waals surface area contributed by atoms with Crippen molar-refractivity contribution in [2.24, 2.45) is 0 Å². The van der Waals surface area contributed by atoms with Crippen molar-refractivity contribution in [3.05, 3.63) is 64.1 Å². The number of halogens is 1. The molecule has 3 nitrogen and oxygen atoms in total. The molecule has 0 spiro atoms. The van der Waals surface area contributed by atoms with Crippen LogP contribution < -0.4 is 4.74 Å². The van der Waals surface area contributed by atoms with Crippen LogP contribution in [0.15, 0.2) is 53.0 Å². The molecule has 1 saturated heterocycles.